The highest BCUT2D eigenvalue weighted by molar-refractivity contribution is 7.20. The number of piperidine rings is 1. The van der Waals surface area contributed by atoms with Crippen LogP contribution in [-0.4, -0.2) is 33.9 Å². The Kier molecular flexibility index (Phi) is 3.78. The molecule has 27 heavy (non-hydrogen) atoms. The largest absolute Gasteiger partial charge is 0.383 e. The summed E-state index contributed by atoms with van der Waals surface area (Å²) in [6.07, 6.45) is 7.07. The number of nitrogens with zero attached hydrogens (tertiary/aromatic N) is 5. The van der Waals surface area contributed by atoms with E-state index < -0.39 is 0 Å². The van der Waals surface area contributed by atoms with E-state index in [1.165, 1.54) is 17.8 Å². The fourth-order valence-corrected chi connectivity index (χ4v) is 4.48. The number of anilines is 2. The van der Waals surface area contributed by atoms with E-state index >= 15 is 0 Å². The Morgan fingerprint density at radius 3 is 2.81 bits per heavy atom. The topological polar surface area (TPSA) is 88.9 Å². The number of allylic oxidation sites excluding steroid dienone is 1. The SMILES string of the molecule is Nc1c(C=C2C=Nc3ccccc32)c(=O)nc2sc(N3CCCCC3)nn12. The number of hydrogen-bond donors (Lipinski definition) is 1. The molecule has 7 nitrogen and oxygen atoms in total. The minimum absolute atomic E-state index is 0.315. The molecule has 1 saturated heterocycles. The van der Waals surface area contributed by atoms with Crippen LogP contribution in [0.2, 0.25) is 0 Å². The zero-order valence-corrected chi connectivity index (χ0v) is 15.4. The molecule has 2 aliphatic rings. The van der Waals surface area contributed by atoms with E-state index in [0.29, 0.717) is 16.3 Å². The lowest BCUT2D eigenvalue weighted by atomic mass is 10.1. The Bertz CT molecular complexity index is 1150. The molecular weight excluding hydrogens is 360 g/mol. The normalized spacial score (nSPS) is 17.8. The molecule has 0 bridgehead atoms. The molecule has 2 aliphatic heterocycles. The van der Waals surface area contributed by atoms with Gasteiger partial charge in [0.2, 0.25) is 10.1 Å². The zero-order valence-electron chi connectivity index (χ0n) is 14.6. The quantitative estimate of drug-likeness (QED) is 0.740. The number of para-hydroxylation sites is 1. The van der Waals surface area contributed by atoms with Gasteiger partial charge in [0.05, 0.1) is 11.3 Å². The fraction of sp³-hybridized carbons (Fsp3) is 0.263. The molecule has 136 valence electrons. The summed E-state index contributed by atoms with van der Waals surface area (Å²) in [5.41, 5.74) is 9.04. The minimum atomic E-state index is -0.341. The predicted molar refractivity (Wildman–Crippen MR) is 110 cm³/mol. The van der Waals surface area contributed by atoms with E-state index in [-0.39, 0.29) is 5.56 Å². The van der Waals surface area contributed by atoms with Crippen molar-refractivity contribution in [3.8, 4) is 0 Å². The molecule has 3 aromatic rings. The third-order valence-corrected chi connectivity index (χ3v) is 5.93. The lowest BCUT2D eigenvalue weighted by Gasteiger charge is -2.25. The van der Waals surface area contributed by atoms with Crippen LogP contribution in [0.15, 0.2) is 34.1 Å². The van der Waals surface area contributed by atoms with Crippen LogP contribution < -0.4 is 16.2 Å². The molecular formula is C19H18N6OS. The zero-order chi connectivity index (χ0) is 18.4. The number of aliphatic imine (C=N–C) groups is 1. The monoisotopic (exact) mass is 378 g/mol. The molecule has 0 atom stereocenters. The molecule has 0 spiro atoms. The van der Waals surface area contributed by atoms with Crippen LogP contribution >= 0.6 is 11.3 Å². The highest BCUT2D eigenvalue weighted by Crippen LogP contribution is 2.33. The van der Waals surface area contributed by atoms with E-state index in [1.807, 2.05) is 24.3 Å². The van der Waals surface area contributed by atoms with Gasteiger partial charge in [-0.3, -0.25) is 9.79 Å². The van der Waals surface area contributed by atoms with Crippen LogP contribution in [0.25, 0.3) is 16.6 Å². The maximum atomic E-state index is 12.6. The van der Waals surface area contributed by atoms with Crippen molar-refractivity contribution in [1.29, 1.82) is 0 Å². The van der Waals surface area contributed by atoms with Crippen LogP contribution in [0.1, 0.15) is 30.4 Å². The maximum Gasteiger partial charge on any atom is 0.283 e. The maximum absolute atomic E-state index is 12.6. The van der Waals surface area contributed by atoms with Crippen molar-refractivity contribution in [2.45, 2.75) is 19.3 Å². The summed E-state index contributed by atoms with van der Waals surface area (Å²) >= 11 is 1.41. The Labute approximate surface area is 159 Å². The standard InChI is InChI=1S/C19H18N6OS/c20-16-14(10-12-11-21-15-7-3-2-6-13(12)15)17(26)22-18-25(16)23-19(27-18)24-8-4-1-5-9-24/h2-3,6-7,10-11H,1,4-5,8-9,20H2. The Morgan fingerprint density at radius 2 is 1.96 bits per heavy atom. The van der Waals surface area contributed by atoms with Crippen molar-refractivity contribution in [3.63, 3.8) is 0 Å². The molecule has 4 heterocycles. The average molecular weight is 378 g/mol. The van der Waals surface area contributed by atoms with Gasteiger partial charge in [0.1, 0.15) is 5.82 Å². The van der Waals surface area contributed by atoms with Crippen LogP contribution in [0, 0.1) is 0 Å². The summed E-state index contributed by atoms with van der Waals surface area (Å²) in [4.78, 5) is 24.0. The second-order valence-corrected chi connectivity index (χ2v) is 7.65. The van der Waals surface area contributed by atoms with Gasteiger partial charge >= 0.3 is 0 Å². The van der Waals surface area contributed by atoms with Gasteiger partial charge in [-0.15, -0.1) is 5.10 Å². The number of nitrogen functional groups attached to an aromatic ring is 1. The van der Waals surface area contributed by atoms with Crippen LogP contribution in [0.4, 0.5) is 16.6 Å². The summed E-state index contributed by atoms with van der Waals surface area (Å²) in [6, 6.07) is 7.80. The van der Waals surface area contributed by atoms with Gasteiger partial charge in [0, 0.05) is 30.4 Å². The van der Waals surface area contributed by atoms with E-state index in [1.54, 1.807) is 16.8 Å². The van der Waals surface area contributed by atoms with Crippen molar-refractivity contribution in [2.24, 2.45) is 4.99 Å². The van der Waals surface area contributed by atoms with Gasteiger partial charge < -0.3 is 10.6 Å². The Morgan fingerprint density at radius 1 is 1.15 bits per heavy atom. The molecule has 5 rings (SSSR count). The molecule has 0 unspecified atom stereocenters. The highest BCUT2D eigenvalue weighted by atomic mass is 32.1. The van der Waals surface area contributed by atoms with Gasteiger partial charge in [0.25, 0.3) is 5.56 Å². The number of aromatic nitrogens is 3. The third-order valence-electron chi connectivity index (χ3n) is 4.97. The van der Waals surface area contributed by atoms with Crippen LogP contribution in [0.5, 0.6) is 0 Å². The van der Waals surface area contributed by atoms with Gasteiger partial charge in [0.15, 0.2) is 0 Å². The second-order valence-electron chi connectivity index (χ2n) is 6.72. The van der Waals surface area contributed by atoms with Crippen molar-refractivity contribution >= 4 is 50.8 Å². The number of fused-ring (bicyclic) bond motifs is 2. The van der Waals surface area contributed by atoms with Crippen molar-refractivity contribution in [1.82, 2.24) is 14.6 Å². The number of hydrogen-bond acceptors (Lipinski definition) is 7. The van der Waals surface area contributed by atoms with E-state index in [2.05, 4.69) is 20.0 Å². The van der Waals surface area contributed by atoms with Crippen LogP contribution in [-0.2, 0) is 0 Å². The predicted octanol–water partition coefficient (Wildman–Crippen LogP) is 2.98. The Hall–Kier alpha value is -3.00. The first-order chi connectivity index (χ1) is 13.2. The van der Waals surface area contributed by atoms with E-state index in [4.69, 9.17) is 5.73 Å². The lowest BCUT2D eigenvalue weighted by molar-refractivity contribution is 0.574. The molecule has 8 heteroatoms. The summed E-state index contributed by atoms with van der Waals surface area (Å²) in [6.45, 7) is 1.96. The Balaban J connectivity index is 1.60. The summed E-state index contributed by atoms with van der Waals surface area (Å²) in [7, 11) is 0. The van der Waals surface area contributed by atoms with Gasteiger partial charge in [-0.05, 0) is 31.4 Å². The van der Waals surface area contributed by atoms with E-state index in [9.17, 15) is 4.79 Å². The van der Waals surface area contributed by atoms with Crippen LogP contribution in [0.3, 0.4) is 0 Å². The van der Waals surface area contributed by atoms with Gasteiger partial charge in [-0.25, -0.2) is 0 Å². The lowest BCUT2D eigenvalue weighted by Crippen LogP contribution is -2.29. The first-order valence-electron chi connectivity index (χ1n) is 9.00. The first-order valence-corrected chi connectivity index (χ1v) is 9.82. The number of benzene rings is 1. The molecule has 2 aromatic heterocycles. The van der Waals surface area contributed by atoms with Crippen molar-refractivity contribution < 1.29 is 0 Å². The number of nitrogens with two attached hydrogens (primary N) is 1. The average Bonchev–Trinajstić information content (AvgIpc) is 3.30. The minimum Gasteiger partial charge on any atom is -0.383 e. The molecule has 0 radical (unpaired) electrons. The fourth-order valence-electron chi connectivity index (χ4n) is 3.53. The molecule has 2 N–H and O–H groups in total. The summed E-state index contributed by atoms with van der Waals surface area (Å²) < 4.78 is 1.58. The molecule has 0 amide bonds. The second kappa shape index (κ2) is 6.31. The van der Waals surface area contributed by atoms with Gasteiger partial charge in [-0.2, -0.15) is 9.50 Å². The van der Waals surface area contributed by atoms with Crippen molar-refractivity contribution in [2.75, 3.05) is 23.7 Å². The number of rotatable bonds is 2. The molecule has 0 aliphatic carbocycles. The smallest absolute Gasteiger partial charge is 0.283 e. The third kappa shape index (κ3) is 2.73. The molecule has 1 fully saturated rings. The highest BCUT2D eigenvalue weighted by Gasteiger charge is 2.20. The first kappa shape index (κ1) is 16.2. The summed E-state index contributed by atoms with van der Waals surface area (Å²) in [5, 5.41) is 5.49. The van der Waals surface area contributed by atoms with Crippen molar-refractivity contribution in [3.05, 3.63) is 45.7 Å². The molecule has 1 aromatic carbocycles. The van der Waals surface area contributed by atoms with E-state index in [0.717, 1.165) is 47.9 Å². The molecule has 0 saturated carbocycles. The van der Waals surface area contributed by atoms with Gasteiger partial charge in [-0.1, -0.05) is 29.5 Å². The summed E-state index contributed by atoms with van der Waals surface area (Å²) in [5.74, 6) is 0.315.